The highest BCUT2D eigenvalue weighted by atomic mass is 16.9. The summed E-state index contributed by atoms with van der Waals surface area (Å²) in [6.45, 7) is 2.10. The number of ether oxygens (including phenoxy) is 4. The van der Waals surface area contributed by atoms with Crippen LogP contribution in [0.2, 0.25) is 0 Å². The molecule has 0 aliphatic carbocycles. The topological polar surface area (TPSA) is 36.9 Å². The number of hydrogen-bond acceptors (Lipinski definition) is 4. The van der Waals surface area contributed by atoms with Crippen molar-refractivity contribution in [3.63, 3.8) is 0 Å². The molecule has 2 rings (SSSR count). The van der Waals surface area contributed by atoms with Gasteiger partial charge in [-0.3, -0.25) is 0 Å². The van der Waals surface area contributed by atoms with Crippen molar-refractivity contribution in [2.75, 3.05) is 21.3 Å². The normalized spacial score (nSPS) is 18.1. The van der Waals surface area contributed by atoms with Gasteiger partial charge in [-0.1, -0.05) is 35.9 Å². The standard InChI is InChI=1S/C19H24O4/c1-15-9-11-16-7-5-6-8-18(16)23-14-13-17(12-10-15)19(20-2,21-3)22-4/h5-8,10,12-14H,9,11H2,1-4H3/b14-13?,15-10+,17-12?. The minimum absolute atomic E-state index is 0.712. The molecule has 1 aliphatic heterocycles. The van der Waals surface area contributed by atoms with E-state index in [4.69, 9.17) is 18.9 Å². The highest BCUT2D eigenvalue weighted by Crippen LogP contribution is 2.27. The third-order valence-corrected chi connectivity index (χ3v) is 3.91. The molecule has 23 heavy (non-hydrogen) atoms. The minimum atomic E-state index is -1.26. The van der Waals surface area contributed by atoms with Gasteiger partial charge in [-0.2, -0.15) is 0 Å². The molecule has 1 aliphatic rings. The monoisotopic (exact) mass is 316 g/mol. The number of para-hydroxylation sites is 1. The van der Waals surface area contributed by atoms with Crippen molar-refractivity contribution in [2.24, 2.45) is 0 Å². The Bertz CT molecular complexity index is 601. The van der Waals surface area contributed by atoms with Gasteiger partial charge in [0, 0.05) is 26.9 Å². The molecule has 124 valence electrons. The smallest absolute Gasteiger partial charge is 0.311 e. The number of allylic oxidation sites excluding steroid dienone is 3. The molecular weight excluding hydrogens is 292 g/mol. The molecule has 1 heterocycles. The number of aryl methyl sites for hydroxylation is 1. The predicted molar refractivity (Wildman–Crippen MR) is 90.1 cm³/mol. The highest BCUT2D eigenvalue weighted by Gasteiger charge is 2.33. The van der Waals surface area contributed by atoms with Crippen LogP contribution in [-0.4, -0.2) is 27.3 Å². The Morgan fingerprint density at radius 1 is 0.957 bits per heavy atom. The Kier molecular flexibility index (Phi) is 6.16. The fraction of sp³-hybridized carbons (Fsp3) is 0.368. The lowest BCUT2D eigenvalue weighted by Gasteiger charge is -2.29. The number of fused-ring (bicyclic) bond motifs is 1. The summed E-state index contributed by atoms with van der Waals surface area (Å²) in [7, 11) is 4.62. The van der Waals surface area contributed by atoms with Crippen LogP contribution in [0.3, 0.4) is 0 Å². The van der Waals surface area contributed by atoms with Crippen molar-refractivity contribution >= 4 is 0 Å². The third kappa shape index (κ3) is 4.10. The summed E-state index contributed by atoms with van der Waals surface area (Å²) in [6, 6.07) is 8.05. The van der Waals surface area contributed by atoms with E-state index in [1.165, 1.54) is 11.1 Å². The summed E-state index contributed by atoms with van der Waals surface area (Å²) in [4.78, 5) is 0. The van der Waals surface area contributed by atoms with E-state index in [-0.39, 0.29) is 0 Å². The van der Waals surface area contributed by atoms with Gasteiger partial charge in [0.25, 0.3) is 0 Å². The molecule has 0 N–H and O–H groups in total. The number of rotatable bonds is 4. The maximum Gasteiger partial charge on any atom is 0.311 e. The zero-order valence-corrected chi connectivity index (χ0v) is 14.2. The molecule has 1 aromatic rings. The summed E-state index contributed by atoms with van der Waals surface area (Å²) >= 11 is 0. The molecule has 0 atom stereocenters. The zero-order valence-electron chi connectivity index (χ0n) is 14.2. The summed E-state index contributed by atoms with van der Waals surface area (Å²) in [6.07, 6.45) is 9.29. The Hall–Kier alpha value is -1.88. The van der Waals surface area contributed by atoms with Gasteiger partial charge in [0.1, 0.15) is 5.75 Å². The van der Waals surface area contributed by atoms with Gasteiger partial charge in [0.15, 0.2) is 0 Å². The lowest BCUT2D eigenvalue weighted by Crippen LogP contribution is -2.37. The molecule has 0 unspecified atom stereocenters. The molecule has 0 spiro atoms. The van der Waals surface area contributed by atoms with Crippen molar-refractivity contribution in [1.29, 1.82) is 0 Å². The molecule has 0 bridgehead atoms. The molecule has 0 aromatic heterocycles. The third-order valence-electron chi connectivity index (χ3n) is 3.91. The summed E-state index contributed by atoms with van der Waals surface area (Å²) < 4.78 is 22.1. The van der Waals surface area contributed by atoms with Crippen molar-refractivity contribution in [1.82, 2.24) is 0 Å². The van der Waals surface area contributed by atoms with E-state index in [0.717, 1.165) is 18.6 Å². The van der Waals surface area contributed by atoms with E-state index >= 15 is 0 Å². The maximum absolute atomic E-state index is 5.80. The molecule has 1 aromatic carbocycles. The van der Waals surface area contributed by atoms with Crippen LogP contribution in [0.5, 0.6) is 5.75 Å². The SMILES string of the molecule is COC(OC)(OC)C1=C/C=C(\C)CCc2ccccc2OC=C1. The van der Waals surface area contributed by atoms with E-state index in [0.29, 0.717) is 5.57 Å². The molecule has 0 saturated heterocycles. The Morgan fingerprint density at radius 3 is 2.35 bits per heavy atom. The van der Waals surface area contributed by atoms with E-state index in [2.05, 4.69) is 19.1 Å². The van der Waals surface area contributed by atoms with Crippen LogP contribution in [0.15, 0.2) is 59.9 Å². The molecule has 0 saturated carbocycles. The van der Waals surface area contributed by atoms with Crippen molar-refractivity contribution in [3.05, 3.63) is 65.5 Å². The lowest BCUT2D eigenvalue weighted by molar-refractivity contribution is -0.324. The lowest BCUT2D eigenvalue weighted by atomic mass is 10.0. The van der Waals surface area contributed by atoms with Gasteiger partial charge in [0.05, 0.1) is 6.26 Å². The van der Waals surface area contributed by atoms with Crippen molar-refractivity contribution < 1.29 is 18.9 Å². The van der Waals surface area contributed by atoms with Gasteiger partial charge in [-0.25, -0.2) is 0 Å². The van der Waals surface area contributed by atoms with Crippen LogP contribution >= 0.6 is 0 Å². The minimum Gasteiger partial charge on any atom is -0.465 e. The molecule has 0 fully saturated rings. The van der Waals surface area contributed by atoms with Gasteiger partial charge in [-0.05, 0) is 37.5 Å². The van der Waals surface area contributed by atoms with E-state index in [1.54, 1.807) is 33.7 Å². The average molecular weight is 316 g/mol. The van der Waals surface area contributed by atoms with Gasteiger partial charge in [-0.15, -0.1) is 0 Å². The van der Waals surface area contributed by atoms with Crippen molar-refractivity contribution in [3.8, 4) is 5.75 Å². The van der Waals surface area contributed by atoms with Gasteiger partial charge >= 0.3 is 5.97 Å². The second-order valence-electron chi connectivity index (χ2n) is 5.33. The zero-order chi connectivity index (χ0) is 16.7. The first-order chi connectivity index (χ1) is 11.1. The maximum atomic E-state index is 5.80. The number of benzene rings is 1. The van der Waals surface area contributed by atoms with Crippen LogP contribution in [0.25, 0.3) is 0 Å². The quantitative estimate of drug-likeness (QED) is 0.787. The molecular formula is C19H24O4. The van der Waals surface area contributed by atoms with Crippen LogP contribution in [-0.2, 0) is 20.6 Å². The molecule has 0 radical (unpaired) electrons. The van der Waals surface area contributed by atoms with Crippen LogP contribution in [0.1, 0.15) is 18.9 Å². The van der Waals surface area contributed by atoms with E-state index < -0.39 is 5.97 Å². The molecule has 4 nitrogen and oxygen atoms in total. The predicted octanol–water partition coefficient (Wildman–Crippen LogP) is 3.99. The summed E-state index contributed by atoms with van der Waals surface area (Å²) in [5.74, 6) is -0.403. The second-order valence-corrected chi connectivity index (χ2v) is 5.33. The fourth-order valence-electron chi connectivity index (χ4n) is 2.52. The van der Waals surface area contributed by atoms with Gasteiger partial charge < -0.3 is 18.9 Å². The summed E-state index contributed by atoms with van der Waals surface area (Å²) in [5, 5.41) is 0. The molecule has 0 amide bonds. The van der Waals surface area contributed by atoms with Crippen molar-refractivity contribution in [2.45, 2.75) is 25.7 Å². The van der Waals surface area contributed by atoms with E-state index in [1.807, 2.05) is 24.3 Å². The van der Waals surface area contributed by atoms with Crippen LogP contribution in [0.4, 0.5) is 0 Å². The van der Waals surface area contributed by atoms with Crippen LogP contribution in [0, 0.1) is 0 Å². The molecule has 4 heteroatoms. The van der Waals surface area contributed by atoms with Crippen LogP contribution < -0.4 is 4.74 Å². The Balaban J connectivity index is 2.41. The van der Waals surface area contributed by atoms with Gasteiger partial charge in [0.2, 0.25) is 0 Å². The number of methoxy groups -OCH3 is 3. The Labute approximate surface area is 138 Å². The first kappa shape index (κ1) is 17.5. The average Bonchev–Trinajstić information content (AvgIpc) is 2.62. The first-order valence-electron chi connectivity index (χ1n) is 7.59. The first-order valence-corrected chi connectivity index (χ1v) is 7.59. The second kappa shape index (κ2) is 8.11. The Morgan fingerprint density at radius 2 is 1.65 bits per heavy atom. The number of hydrogen-bond donors (Lipinski definition) is 0. The highest BCUT2D eigenvalue weighted by molar-refractivity contribution is 5.36. The summed E-state index contributed by atoms with van der Waals surface area (Å²) in [5.41, 5.74) is 3.15. The fourth-order valence-corrected chi connectivity index (χ4v) is 2.52. The largest absolute Gasteiger partial charge is 0.465 e. The van der Waals surface area contributed by atoms with E-state index in [9.17, 15) is 0 Å².